The van der Waals surface area contributed by atoms with Gasteiger partial charge in [-0.2, -0.15) is 5.10 Å². The number of nitrogens with one attached hydrogen (secondary N) is 1. The van der Waals surface area contributed by atoms with Crippen molar-refractivity contribution in [1.29, 1.82) is 0 Å². The van der Waals surface area contributed by atoms with Crippen molar-refractivity contribution in [2.24, 2.45) is 0 Å². The Hall–Kier alpha value is -0.870. The molecule has 0 amide bonds. The predicted molar refractivity (Wildman–Crippen MR) is 56.7 cm³/mol. The summed E-state index contributed by atoms with van der Waals surface area (Å²) in [6.07, 6.45) is 1.57. The number of hydrogen-bond donors (Lipinski definition) is 1. The lowest BCUT2D eigenvalue weighted by Gasteiger charge is -2.01. The summed E-state index contributed by atoms with van der Waals surface area (Å²) in [5, 5.41) is 6.97. The zero-order valence-corrected chi connectivity index (χ0v) is 9.23. The molecule has 0 spiro atoms. The van der Waals surface area contributed by atoms with Gasteiger partial charge in [0, 0.05) is 10.6 Å². The molecule has 0 atom stereocenters. The molecule has 1 heterocycles. The van der Waals surface area contributed by atoms with Gasteiger partial charge >= 0.3 is 0 Å². The molecule has 1 aromatic heterocycles. The van der Waals surface area contributed by atoms with Gasteiger partial charge in [0.15, 0.2) is 0 Å². The van der Waals surface area contributed by atoms with Crippen molar-refractivity contribution in [2.45, 2.75) is 0 Å². The number of halogens is 3. The van der Waals surface area contributed by atoms with Crippen LogP contribution >= 0.6 is 27.5 Å². The van der Waals surface area contributed by atoms with Gasteiger partial charge in [-0.25, -0.2) is 4.39 Å². The number of benzene rings is 1. The summed E-state index contributed by atoms with van der Waals surface area (Å²) in [6.45, 7) is 0. The van der Waals surface area contributed by atoms with Gasteiger partial charge in [-0.15, -0.1) is 0 Å². The van der Waals surface area contributed by atoms with Gasteiger partial charge in [0.05, 0.1) is 16.4 Å². The first-order valence-electron chi connectivity index (χ1n) is 3.83. The SMILES string of the molecule is Fc1ccc(Cl)cc1-c1[nH]ncc1Br. The van der Waals surface area contributed by atoms with Crippen molar-refractivity contribution in [3.63, 3.8) is 0 Å². The molecular formula is C9H5BrClFN2. The normalized spacial score (nSPS) is 10.5. The number of rotatable bonds is 1. The highest BCUT2D eigenvalue weighted by Crippen LogP contribution is 2.29. The number of H-pyrrole nitrogens is 1. The fourth-order valence-corrected chi connectivity index (χ4v) is 1.73. The van der Waals surface area contributed by atoms with Crippen molar-refractivity contribution < 1.29 is 4.39 Å². The van der Waals surface area contributed by atoms with Crippen LogP contribution in [-0.4, -0.2) is 10.2 Å². The van der Waals surface area contributed by atoms with Gasteiger partial charge in [0.25, 0.3) is 0 Å². The second-order valence-corrected chi connectivity index (χ2v) is 4.01. The molecule has 0 aliphatic carbocycles. The summed E-state index contributed by atoms with van der Waals surface area (Å²) in [4.78, 5) is 0. The van der Waals surface area contributed by atoms with E-state index in [0.717, 1.165) is 0 Å². The van der Waals surface area contributed by atoms with E-state index < -0.39 is 0 Å². The van der Waals surface area contributed by atoms with Crippen LogP contribution in [0.4, 0.5) is 4.39 Å². The molecule has 0 saturated carbocycles. The van der Waals surface area contributed by atoms with Gasteiger partial charge < -0.3 is 0 Å². The highest BCUT2D eigenvalue weighted by molar-refractivity contribution is 9.10. The Balaban J connectivity index is 2.62. The third-order valence-electron chi connectivity index (χ3n) is 1.79. The molecule has 1 aromatic carbocycles. The topological polar surface area (TPSA) is 28.7 Å². The molecule has 2 nitrogen and oxygen atoms in total. The lowest BCUT2D eigenvalue weighted by Crippen LogP contribution is -1.85. The second kappa shape index (κ2) is 3.71. The zero-order chi connectivity index (χ0) is 10.1. The van der Waals surface area contributed by atoms with Gasteiger partial charge in [0.1, 0.15) is 5.82 Å². The summed E-state index contributed by atoms with van der Waals surface area (Å²) in [6, 6.07) is 4.38. The standard InChI is InChI=1S/C9H5BrClFN2/c10-7-4-13-14-9(7)6-3-5(11)1-2-8(6)12/h1-4H,(H,13,14). The molecule has 0 unspecified atom stereocenters. The molecule has 72 valence electrons. The minimum absolute atomic E-state index is 0.334. The van der Waals surface area contributed by atoms with E-state index in [1.54, 1.807) is 12.3 Å². The first kappa shape index (κ1) is 9.68. The molecular weight excluding hydrogens is 270 g/mol. The molecule has 0 radical (unpaired) electrons. The lowest BCUT2D eigenvalue weighted by atomic mass is 10.1. The Morgan fingerprint density at radius 1 is 1.43 bits per heavy atom. The van der Waals surface area contributed by atoms with Crippen LogP contribution in [0, 0.1) is 5.82 Å². The summed E-state index contributed by atoms with van der Waals surface area (Å²) < 4.78 is 14.1. The number of hydrogen-bond acceptors (Lipinski definition) is 1. The lowest BCUT2D eigenvalue weighted by molar-refractivity contribution is 0.630. The Bertz CT molecular complexity index is 470. The van der Waals surface area contributed by atoms with E-state index in [0.29, 0.717) is 20.8 Å². The van der Waals surface area contributed by atoms with Crippen molar-refractivity contribution in [1.82, 2.24) is 10.2 Å². The van der Waals surface area contributed by atoms with E-state index in [9.17, 15) is 4.39 Å². The number of aromatic nitrogens is 2. The van der Waals surface area contributed by atoms with Gasteiger partial charge in [-0.1, -0.05) is 11.6 Å². The number of aromatic amines is 1. The van der Waals surface area contributed by atoms with Gasteiger partial charge in [-0.3, -0.25) is 5.10 Å². The van der Waals surface area contributed by atoms with Crippen LogP contribution in [-0.2, 0) is 0 Å². The van der Waals surface area contributed by atoms with Crippen LogP contribution in [0.3, 0.4) is 0 Å². The smallest absolute Gasteiger partial charge is 0.132 e. The van der Waals surface area contributed by atoms with E-state index in [1.807, 2.05) is 0 Å². The fourth-order valence-electron chi connectivity index (χ4n) is 1.15. The first-order chi connectivity index (χ1) is 6.68. The Morgan fingerprint density at radius 3 is 2.86 bits per heavy atom. The molecule has 2 rings (SSSR count). The van der Waals surface area contributed by atoms with Crippen LogP contribution in [0.25, 0.3) is 11.3 Å². The Morgan fingerprint density at radius 2 is 2.21 bits per heavy atom. The number of nitrogens with zero attached hydrogens (tertiary/aromatic N) is 1. The fraction of sp³-hybridized carbons (Fsp3) is 0. The predicted octanol–water partition coefficient (Wildman–Crippen LogP) is 3.63. The minimum atomic E-state index is -0.334. The second-order valence-electron chi connectivity index (χ2n) is 2.72. The zero-order valence-electron chi connectivity index (χ0n) is 6.89. The largest absolute Gasteiger partial charge is 0.277 e. The first-order valence-corrected chi connectivity index (χ1v) is 5.00. The van der Waals surface area contributed by atoms with Crippen LogP contribution in [0.15, 0.2) is 28.9 Å². The highest BCUT2D eigenvalue weighted by Gasteiger charge is 2.10. The van der Waals surface area contributed by atoms with Crippen LogP contribution in [0.2, 0.25) is 5.02 Å². The van der Waals surface area contributed by atoms with E-state index in [1.165, 1.54) is 12.1 Å². The molecule has 14 heavy (non-hydrogen) atoms. The molecule has 5 heteroatoms. The minimum Gasteiger partial charge on any atom is -0.277 e. The Labute approximate surface area is 93.2 Å². The van der Waals surface area contributed by atoms with Crippen LogP contribution < -0.4 is 0 Å². The summed E-state index contributed by atoms with van der Waals surface area (Å²) in [5.74, 6) is -0.334. The maximum absolute atomic E-state index is 13.4. The van der Waals surface area contributed by atoms with Gasteiger partial charge in [-0.05, 0) is 34.1 Å². The molecule has 0 fully saturated rings. The van der Waals surface area contributed by atoms with Crippen molar-refractivity contribution in [3.05, 3.63) is 39.7 Å². The Kier molecular flexibility index (Phi) is 2.56. The van der Waals surface area contributed by atoms with Gasteiger partial charge in [0.2, 0.25) is 0 Å². The third kappa shape index (κ3) is 1.67. The molecule has 0 aliphatic heterocycles. The quantitative estimate of drug-likeness (QED) is 0.846. The monoisotopic (exact) mass is 274 g/mol. The molecule has 0 saturated heterocycles. The van der Waals surface area contributed by atoms with Crippen molar-refractivity contribution in [2.75, 3.05) is 0 Å². The average Bonchev–Trinajstić information content (AvgIpc) is 2.56. The van der Waals surface area contributed by atoms with Crippen LogP contribution in [0.1, 0.15) is 0 Å². The summed E-state index contributed by atoms with van der Waals surface area (Å²) >= 11 is 9.03. The maximum atomic E-state index is 13.4. The highest BCUT2D eigenvalue weighted by atomic mass is 79.9. The molecule has 0 bridgehead atoms. The van der Waals surface area contributed by atoms with E-state index >= 15 is 0 Å². The van der Waals surface area contributed by atoms with E-state index in [-0.39, 0.29) is 5.82 Å². The molecule has 2 aromatic rings. The molecule has 0 aliphatic rings. The maximum Gasteiger partial charge on any atom is 0.132 e. The van der Waals surface area contributed by atoms with Crippen molar-refractivity contribution >= 4 is 27.5 Å². The molecule has 1 N–H and O–H groups in total. The van der Waals surface area contributed by atoms with Crippen molar-refractivity contribution in [3.8, 4) is 11.3 Å². The average molecular weight is 276 g/mol. The van der Waals surface area contributed by atoms with E-state index in [4.69, 9.17) is 11.6 Å². The third-order valence-corrected chi connectivity index (χ3v) is 2.63. The van der Waals surface area contributed by atoms with Crippen LogP contribution in [0.5, 0.6) is 0 Å². The summed E-state index contributed by atoms with van der Waals surface area (Å²) in [5.41, 5.74) is 0.992. The summed E-state index contributed by atoms with van der Waals surface area (Å²) in [7, 11) is 0. The van der Waals surface area contributed by atoms with E-state index in [2.05, 4.69) is 26.1 Å².